The maximum absolute atomic E-state index is 13.2. The lowest BCUT2D eigenvalue weighted by molar-refractivity contribution is 0.0918. The fourth-order valence-corrected chi connectivity index (χ4v) is 2.56. The zero-order valence-corrected chi connectivity index (χ0v) is 13.2. The maximum atomic E-state index is 13.2. The molecule has 1 amide bonds. The molecule has 19 heavy (non-hydrogen) atoms. The molecule has 104 valence electrons. The summed E-state index contributed by atoms with van der Waals surface area (Å²) >= 11 is 8.26. The number of hydrogen-bond donors (Lipinski definition) is 2. The quantitative estimate of drug-likeness (QED) is 0.805. The molecule has 6 heteroatoms. The van der Waals surface area contributed by atoms with Gasteiger partial charge in [-0.25, -0.2) is 4.39 Å². The van der Waals surface area contributed by atoms with E-state index in [4.69, 9.17) is 18.0 Å². The number of benzene rings is 1. The zero-order valence-electron chi connectivity index (χ0n) is 10.8. The van der Waals surface area contributed by atoms with Crippen LogP contribution in [0.15, 0.2) is 22.7 Å². The molecule has 0 spiro atoms. The van der Waals surface area contributed by atoms with Gasteiger partial charge in [0.1, 0.15) is 5.82 Å². The number of halogens is 2. The molecular formula is C13H16BrFN2OS. The second-order valence-corrected chi connectivity index (χ2v) is 5.53. The molecule has 0 bridgehead atoms. The van der Waals surface area contributed by atoms with Gasteiger partial charge in [0.05, 0.1) is 16.1 Å². The fourth-order valence-electron chi connectivity index (χ4n) is 1.79. The molecule has 0 saturated carbocycles. The van der Waals surface area contributed by atoms with Gasteiger partial charge in [0.15, 0.2) is 0 Å². The van der Waals surface area contributed by atoms with Crippen molar-refractivity contribution in [3.05, 3.63) is 34.1 Å². The average molecular weight is 347 g/mol. The standard InChI is InChI=1S/C13H16BrFN2OS/c1-3-13(4-2,12(16)19)17-11(18)9-7-8(15)5-6-10(9)14/h5-7H,3-4H2,1-2H3,(H2,16,19)(H,17,18). The maximum Gasteiger partial charge on any atom is 0.253 e. The van der Waals surface area contributed by atoms with Crippen molar-refractivity contribution in [3.8, 4) is 0 Å². The van der Waals surface area contributed by atoms with Gasteiger partial charge < -0.3 is 11.1 Å². The van der Waals surface area contributed by atoms with E-state index < -0.39 is 17.3 Å². The first-order valence-corrected chi connectivity index (χ1v) is 7.14. The predicted octanol–water partition coefficient (Wildman–Crippen LogP) is 3.16. The van der Waals surface area contributed by atoms with E-state index in [1.807, 2.05) is 13.8 Å². The Morgan fingerprint density at radius 2 is 2.05 bits per heavy atom. The van der Waals surface area contributed by atoms with Gasteiger partial charge in [-0.1, -0.05) is 26.1 Å². The van der Waals surface area contributed by atoms with Crippen LogP contribution in [0.25, 0.3) is 0 Å². The molecule has 0 aliphatic rings. The van der Waals surface area contributed by atoms with Crippen molar-refractivity contribution < 1.29 is 9.18 Å². The third kappa shape index (κ3) is 3.51. The van der Waals surface area contributed by atoms with Gasteiger partial charge in [0, 0.05) is 4.47 Å². The first-order valence-electron chi connectivity index (χ1n) is 5.93. The second kappa shape index (κ2) is 6.43. The van der Waals surface area contributed by atoms with E-state index in [-0.39, 0.29) is 10.6 Å². The molecule has 0 aromatic heterocycles. The molecule has 0 aliphatic heterocycles. The lowest BCUT2D eigenvalue weighted by Crippen LogP contribution is -2.56. The van der Waals surface area contributed by atoms with Crippen molar-refractivity contribution in [2.45, 2.75) is 32.2 Å². The number of nitrogens with one attached hydrogen (secondary N) is 1. The van der Waals surface area contributed by atoms with Crippen molar-refractivity contribution in [2.75, 3.05) is 0 Å². The first kappa shape index (κ1) is 16.0. The number of carbonyl (C=O) groups is 1. The van der Waals surface area contributed by atoms with Crippen molar-refractivity contribution in [2.24, 2.45) is 5.73 Å². The molecular weight excluding hydrogens is 331 g/mol. The Hall–Kier alpha value is -1.01. The van der Waals surface area contributed by atoms with Gasteiger partial charge in [-0.3, -0.25) is 4.79 Å². The van der Waals surface area contributed by atoms with Crippen LogP contribution in [0.4, 0.5) is 4.39 Å². The lowest BCUT2D eigenvalue weighted by Gasteiger charge is -2.31. The Balaban J connectivity index is 3.07. The van der Waals surface area contributed by atoms with E-state index in [1.54, 1.807) is 0 Å². The highest BCUT2D eigenvalue weighted by Gasteiger charge is 2.32. The van der Waals surface area contributed by atoms with Crippen molar-refractivity contribution in [1.82, 2.24) is 5.32 Å². The van der Waals surface area contributed by atoms with E-state index in [1.165, 1.54) is 18.2 Å². The molecule has 0 aliphatic carbocycles. The smallest absolute Gasteiger partial charge is 0.253 e. The Morgan fingerprint density at radius 3 is 2.53 bits per heavy atom. The lowest BCUT2D eigenvalue weighted by atomic mass is 9.92. The predicted molar refractivity (Wildman–Crippen MR) is 81.7 cm³/mol. The zero-order chi connectivity index (χ0) is 14.6. The Morgan fingerprint density at radius 1 is 1.47 bits per heavy atom. The summed E-state index contributed by atoms with van der Waals surface area (Å²) in [7, 11) is 0. The largest absolute Gasteiger partial charge is 0.391 e. The van der Waals surface area contributed by atoms with E-state index in [2.05, 4.69) is 21.2 Å². The van der Waals surface area contributed by atoms with Gasteiger partial charge in [-0.05, 0) is 47.0 Å². The minimum absolute atomic E-state index is 0.225. The summed E-state index contributed by atoms with van der Waals surface area (Å²) in [5, 5.41) is 2.81. The Kier molecular flexibility index (Phi) is 5.43. The van der Waals surface area contributed by atoms with E-state index >= 15 is 0 Å². The number of nitrogens with two attached hydrogens (primary N) is 1. The van der Waals surface area contributed by atoms with Crippen molar-refractivity contribution >= 4 is 39.0 Å². The molecule has 3 nitrogen and oxygen atoms in total. The third-order valence-corrected chi connectivity index (χ3v) is 4.29. The average Bonchev–Trinajstić information content (AvgIpc) is 2.38. The normalized spacial score (nSPS) is 11.2. The van der Waals surface area contributed by atoms with Gasteiger partial charge in [0.2, 0.25) is 0 Å². The minimum Gasteiger partial charge on any atom is -0.391 e. The molecule has 0 unspecified atom stereocenters. The van der Waals surface area contributed by atoms with Gasteiger partial charge >= 0.3 is 0 Å². The van der Waals surface area contributed by atoms with Crippen LogP contribution in [0.1, 0.15) is 37.0 Å². The summed E-state index contributed by atoms with van der Waals surface area (Å²) in [5.41, 5.74) is 5.20. The summed E-state index contributed by atoms with van der Waals surface area (Å²) in [4.78, 5) is 12.5. The fraction of sp³-hybridized carbons (Fsp3) is 0.385. The summed E-state index contributed by atoms with van der Waals surface area (Å²) < 4.78 is 13.7. The van der Waals surface area contributed by atoms with Crippen LogP contribution in [0.5, 0.6) is 0 Å². The van der Waals surface area contributed by atoms with Crippen LogP contribution in [-0.2, 0) is 0 Å². The van der Waals surface area contributed by atoms with Crippen LogP contribution < -0.4 is 11.1 Å². The molecule has 0 atom stereocenters. The number of rotatable bonds is 5. The van der Waals surface area contributed by atoms with Gasteiger partial charge in [-0.15, -0.1) is 0 Å². The molecule has 0 fully saturated rings. The topological polar surface area (TPSA) is 55.1 Å². The van der Waals surface area contributed by atoms with Crippen LogP contribution in [0.3, 0.4) is 0 Å². The van der Waals surface area contributed by atoms with E-state index in [0.29, 0.717) is 17.3 Å². The Labute approximate surface area is 125 Å². The molecule has 3 N–H and O–H groups in total. The molecule has 0 radical (unpaired) electrons. The van der Waals surface area contributed by atoms with E-state index in [9.17, 15) is 9.18 Å². The van der Waals surface area contributed by atoms with E-state index in [0.717, 1.165) is 0 Å². The number of amides is 1. The summed E-state index contributed by atoms with van der Waals surface area (Å²) in [6, 6.07) is 3.95. The minimum atomic E-state index is -0.738. The number of hydrogen-bond acceptors (Lipinski definition) is 2. The van der Waals surface area contributed by atoms with Crippen LogP contribution >= 0.6 is 28.1 Å². The van der Waals surface area contributed by atoms with Crippen molar-refractivity contribution in [3.63, 3.8) is 0 Å². The van der Waals surface area contributed by atoms with Gasteiger partial charge in [0.25, 0.3) is 5.91 Å². The Bertz CT molecular complexity index is 503. The monoisotopic (exact) mass is 346 g/mol. The summed E-state index contributed by atoms with van der Waals surface area (Å²) in [6.45, 7) is 3.78. The highest BCUT2D eigenvalue weighted by Crippen LogP contribution is 2.21. The van der Waals surface area contributed by atoms with Crippen molar-refractivity contribution in [1.29, 1.82) is 0 Å². The molecule has 0 heterocycles. The SMILES string of the molecule is CCC(CC)(NC(=O)c1cc(F)ccc1Br)C(N)=S. The number of carbonyl (C=O) groups excluding carboxylic acids is 1. The molecule has 1 aromatic carbocycles. The second-order valence-electron chi connectivity index (χ2n) is 4.23. The van der Waals surface area contributed by atoms with Gasteiger partial charge in [-0.2, -0.15) is 0 Å². The summed E-state index contributed by atoms with van der Waals surface area (Å²) in [6.07, 6.45) is 1.16. The summed E-state index contributed by atoms with van der Waals surface area (Å²) in [5.74, 6) is -0.870. The highest BCUT2D eigenvalue weighted by atomic mass is 79.9. The molecule has 1 aromatic rings. The number of thiocarbonyl (C=S) groups is 1. The van der Waals surface area contributed by atoms with Crippen LogP contribution in [0, 0.1) is 5.82 Å². The molecule has 0 saturated heterocycles. The van der Waals surface area contributed by atoms with Crippen LogP contribution in [0.2, 0.25) is 0 Å². The van der Waals surface area contributed by atoms with Crippen LogP contribution in [-0.4, -0.2) is 16.4 Å². The third-order valence-electron chi connectivity index (χ3n) is 3.20. The first-order chi connectivity index (χ1) is 8.86. The molecule has 1 rings (SSSR count). The highest BCUT2D eigenvalue weighted by molar-refractivity contribution is 9.10.